The number of nitriles is 1. The third kappa shape index (κ3) is 2.46. The first-order chi connectivity index (χ1) is 12.2. The number of hydrogen-bond acceptors (Lipinski definition) is 4. The van der Waals surface area contributed by atoms with Crippen molar-refractivity contribution < 1.29 is 0 Å². The fraction of sp³-hybridized carbons (Fsp3) is 0.111. The number of aromatic nitrogens is 5. The van der Waals surface area contributed by atoms with E-state index in [2.05, 4.69) is 21.3 Å². The third-order valence-corrected chi connectivity index (χ3v) is 4.24. The maximum atomic E-state index is 9.48. The zero-order valence-electron chi connectivity index (χ0n) is 13.4. The molecule has 7 heteroatoms. The molecule has 3 aromatic heterocycles. The van der Waals surface area contributed by atoms with Gasteiger partial charge < -0.3 is 0 Å². The minimum Gasteiger partial charge on any atom is -0.265 e. The van der Waals surface area contributed by atoms with Crippen molar-refractivity contribution in [2.24, 2.45) is 0 Å². The molecular formula is C18H13ClN6. The van der Waals surface area contributed by atoms with Gasteiger partial charge in [0.2, 0.25) is 0 Å². The first-order valence-corrected chi connectivity index (χ1v) is 8.17. The van der Waals surface area contributed by atoms with Crippen molar-refractivity contribution >= 4 is 17.2 Å². The molecule has 122 valence electrons. The molecule has 0 fully saturated rings. The zero-order chi connectivity index (χ0) is 17.4. The molecule has 1 aromatic carbocycles. The summed E-state index contributed by atoms with van der Waals surface area (Å²) in [5.74, 6) is 0. The Hall–Kier alpha value is -3.17. The second-order valence-electron chi connectivity index (χ2n) is 5.43. The molecule has 0 aliphatic heterocycles. The van der Waals surface area contributed by atoms with E-state index in [1.807, 2.05) is 35.9 Å². The van der Waals surface area contributed by atoms with Gasteiger partial charge in [0.15, 0.2) is 5.65 Å². The van der Waals surface area contributed by atoms with Gasteiger partial charge >= 0.3 is 0 Å². The van der Waals surface area contributed by atoms with Gasteiger partial charge in [0, 0.05) is 24.5 Å². The summed E-state index contributed by atoms with van der Waals surface area (Å²) in [6.45, 7) is 2.73. The Labute approximate surface area is 148 Å². The highest BCUT2D eigenvalue weighted by Crippen LogP contribution is 2.36. The lowest BCUT2D eigenvalue weighted by atomic mass is 10.0. The lowest BCUT2D eigenvalue weighted by Gasteiger charge is -2.07. The summed E-state index contributed by atoms with van der Waals surface area (Å²) >= 11 is 6.11. The second kappa shape index (κ2) is 6.04. The predicted octanol–water partition coefficient (Wildman–Crippen LogP) is 3.80. The van der Waals surface area contributed by atoms with Crippen LogP contribution in [0.2, 0.25) is 5.15 Å². The van der Waals surface area contributed by atoms with Crippen LogP contribution in [0.5, 0.6) is 0 Å². The summed E-state index contributed by atoms with van der Waals surface area (Å²) < 4.78 is 3.55. The van der Waals surface area contributed by atoms with Crippen molar-refractivity contribution in [3.8, 4) is 28.6 Å². The Morgan fingerprint density at radius 2 is 2.04 bits per heavy atom. The molecule has 0 N–H and O–H groups in total. The van der Waals surface area contributed by atoms with Gasteiger partial charge in [0.05, 0.1) is 22.9 Å². The number of halogens is 1. The largest absolute Gasteiger partial charge is 0.265 e. The van der Waals surface area contributed by atoms with E-state index in [1.165, 1.54) is 0 Å². The highest BCUT2D eigenvalue weighted by Gasteiger charge is 2.22. The molecule has 0 radical (unpaired) electrons. The molecule has 0 bridgehead atoms. The molecule has 4 aromatic rings. The quantitative estimate of drug-likeness (QED) is 0.528. The standard InChI is InChI=1S/C18H13ClN6/c1-2-24-14(7-9-21-24)16-17(13-6-4-3-5-12(13)11-20)23-25-10-8-15(19)22-18(16)25/h3-10H,2H2,1H3. The molecule has 0 atom stereocenters. The lowest BCUT2D eigenvalue weighted by Crippen LogP contribution is -2.00. The van der Waals surface area contributed by atoms with Crippen molar-refractivity contribution in [1.82, 2.24) is 24.4 Å². The summed E-state index contributed by atoms with van der Waals surface area (Å²) in [5, 5.41) is 18.9. The summed E-state index contributed by atoms with van der Waals surface area (Å²) in [6.07, 6.45) is 3.51. The molecule has 25 heavy (non-hydrogen) atoms. The first kappa shape index (κ1) is 15.4. The normalized spacial score (nSPS) is 10.9. The molecule has 3 heterocycles. The van der Waals surface area contributed by atoms with E-state index in [0.29, 0.717) is 28.6 Å². The Morgan fingerprint density at radius 3 is 2.84 bits per heavy atom. The van der Waals surface area contributed by atoms with Gasteiger partial charge in [-0.05, 0) is 25.1 Å². The van der Waals surface area contributed by atoms with Crippen LogP contribution in [-0.2, 0) is 6.54 Å². The van der Waals surface area contributed by atoms with Crippen molar-refractivity contribution in [3.63, 3.8) is 0 Å². The van der Waals surface area contributed by atoms with Crippen LogP contribution in [0.1, 0.15) is 12.5 Å². The molecule has 0 aliphatic carbocycles. The average Bonchev–Trinajstić information content (AvgIpc) is 3.24. The van der Waals surface area contributed by atoms with Crippen molar-refractivity contribution in [2.75, 3.05) is 0 Å². The molecule has 0 aliphatic rings. The Bertz CT molecular complexity index is 1120. The maximum absolute atomic E-state index is 9.48. The molecule has 0 saturated carbocycles. The Morgan fingerprint density at radius 1 is 1.20 bits per heavy atom. The zero-order valence-corrected chi connectivity index (χ0v) is 14.1. The lowest BCUT2D eigenvalue weighted by molar-refractivity contribution is 0.667. The monoisotopic (exact) mass is 348 g/mol. The fourth-order valence-corrected chi connectivity index (χ4v) is 3.05. The molecule has 0 unspecified atom stereocenters. The van der Waals surface area contributed by atoms with Gasteiger partial charge in [0.25, 0.3) is 0 Å². The van der Waals surface area contributed by atoms with E-state index in [1.54, 1.807) is 29.0 Å². The van der Waals surface area contributed by atoms with E-state index in [-0.39, 0.29) is 0 Å². The maximum Gasteiger partial charge on any atom is 0.166 e. The minimum absolute atomic E-state index is 0.385. The van der Waals surface area contributed by atoms with E-state index < -0.39 is 0 Å². The minimum atomic E-state index is 0.385. The van der Waals surface area contributed by atoms with Crippen LogP contribution in [-0.4, -0.2) is 24.4 Å². The number of rotatable bonds is 3. The Kier molecular flexibility index (Phi) is 3.71. The van der Waals surface area contributed by atoms with E-state index in [4.69, 9.17) is 11.6 Å². The van der Waals surface area contributed by atoms with Gasteiger partial charge in [-0.2, -0.15) is 15.5 Å². The van der Waals surface area contributed by atoms with Gasteiger partial charge in [-0.25, -0.2) is 9.50 Å². The van der Waals surface area contributed by atoms with Crippen LogP contribution in [0.15, 0.2) is 48.8 Å². The van der Waals surface area contributed by atoms with Crippen molar-refractivity contribution in [2.45, 2.75) is 13.5 Å². The first-order valence-electron chi connectivity index (χ1n) is 7.79. The van der Waals surface area contributed by atoms with Crippen LogP contribution in [0, 0.1) is 11.3 Å². The average molecular weight is 349 g/mol. The van der Waals surface area contributed by atoms with Crippen LogP contribution in [0.25, 0.3) is 28.2 Å². The molecule has 0 saturated heterocycles. The summed E-state index contributed by atoms with van der Waals surface area (Å²) in [7, 11) is 0. The molecule has 0 spiro atoms. The van der Waals surface area contributed by atoms with Gasteiger partial charge in [0.1, 0.15) is 10.8 Å². The van der Waals surface area contributed by atoms with Gasteiger partial charge in [-0.3, -0.25) is 4.68 Å². The molecular weight excluding hydrogens is 336 g/mol. The molecule has 6 nitrogen and oxygen atoms in total. The Balaban J connectivity index is 2.12. The highest BCUT2D eigenvalue weighted by molar-refractivity contribution is 6.29. The third-order valence-electron chi connectivity index (χ3n) is 4.03. The van der Waals surface area contributed by atoms with Crippen molar-refractivity contribution in [3.05, 3.63) is 59.5 Å². The molecule has 0 amide bonds. The smallest absolute Gasteiger partial charge is 0.166 e. The fourth-order valence-electron chi connectivity index (χ4n) is 2.92. The van der Waals surface area contributed by atoms with Gasteiger partial charge in [-0.1, -0.05) is 29.8 Å². The topological polar surface area (TPSA) is 71.8 Å². The molecule has 4 rings (SSSR count). The number of aryl methyl sites for hydroxylation is 1. The SMILES string of the molecule is CCn1nccc1-c1c(-c2ccccc2C#N)nn2ccc(Cl)nc12. The number of hydrogen-bond donors (Lipinski definition) is 0. The van der Waals surface area contributed by atoms with E-state index in [0.717, 1.165) is 16.8 Å². The van der Waals surface area contributed by atoms with Crippen LogP contribution < -0.4 is 0 Å². The predicted molar refractivity (Wildman–Crippen MR) is 95.0 cm³/mol. The second-order valence-corrected chi connectivity index (χ2v) is 5.82. The summed E-state index contributed by atoms with van der Waals surface area (Å²) in [6, 6.07) is 13.2. The summed E-state index contributed by atoms with van der Waals surface area (Å²) in [5.41, 5.74) is 4.32. The van der Waals surface area contributed by atoms with E-state index >= 15 is 0 Å². The van der Waals surface area contributed by atoms with Crippen LogP contribution >= 0.6 is 11.6 Å². The number of benzene rings is 1. The number of fused-ring (bicyclic) bond motifs is 1. The van der Waals surface area contributed by atoms with Crippen LogP contribution in [0.4, 0.5) is 0 Å². The summed E-state index contributed by atoms with van der Waals surface area (Å²) in [4.78, 5) is 4.45. The van der Waals surface area contributed by atoms with Gasteiger partial charge in [-0.15, -0.1) is 0 Å². The number of nitrogens with zero attached hydrogens (tertiary/aromatic N) is 6. The van der Waals surface area contributed by atoms with Crippen molar-refractivity contribution in [1.29, 1.82) is 5.26 Å². The van der Waals surface area contributed by atoms with Crippen LogP contribution in [0.3, 0.4) is 0 Å². The van der Waals surface area contributed by atoms with E-state index in [9.17, 15) is 5.26 Å². The highest BCUT2D eigenvalue weighted by atomic mass is 35.5.